The van der Waals surface area contributed by atoms with Crippen molar-refractivity contribution in [3.63, 3.8) is 0 Å². The lowest BCUT2D eigenvalue weighted by Crippen LogP contribution is -2.71. The maximum absolute atomic E-state index is 13.0. The van der Waals surface area contributed by atoms with Gasteiger partial charge in [0.2, 0.25) is 5.91 Å². The number of carbonyl (C=O) groups is 4. The summed E-state index contributed by atoms with van der Waals surface area (Å²) in [6.45, 7) is 1.43. The SMILES string of the molecule is N=C(N)N1CC(N2CCC(=CC3=C(C(=O)O)N4C(=O)[C@@H](NC(=O)/C(=N\O)c5csc(N)n5)[C@H]4SC3)C2=O)C1. The standard InChI is InChI=1S/C21H23N9O6S2/c22-20(23)28-4-10(5-28)29-2-1-8(16(29)32)3-9-6-37-18-13(17(33)30(18)14(9)19(34)35)26-15(31)12(27-36)11-7-38-21(24)25-11/h3,7,10,13,18,36H,1-2,4-6H2,(H3,22,23)(H2,24,25)(H,26,31)(H,34,35)/b8-3?,27-12-/t13-,18-/m1/s1. The quantitative estimate of drug-likeness (QED) is 0.0577. The van der Waals surface area contributed by atoms with Gasteiger partial charge in [-0.1, -0.05) is 5.16 Å². The van der Waals surface area contributed by atoms with Gasteiger partial charge in [0.1, 0.15) is 22.8 Å². The molecule has 5 heterocycles. The summed E-state index contributed by atoms with van der Waals surface area (Å²) in [5.74, 6) is -2.88. The van der Waals surface area contributed by atoms with E-state index in [0.29, 0.717) is 37.2 Å². The molecule has 4 aliphatic rings. The highest BCUT2D eigenvalue weighted by atomic mass is 32.2. The number of likely N-dealkylation sites (tertiary alicyclic amines) is 2. The fourth-order valence-electron chi connectivity index (χ4n) is 4.75. The number of guanidine groups is 1. The second kappa shape index (κ2) is 9.64. The molecule has 17 heteroatoms. The van der Waals surface area contributed by atoms with Gasteiger partial charge in [0.15, 0.2) is 16.8 Å². The number of nitrogens with two attached hydrogens (primary N) is 2. The molecule has 38 heavy (non-hydrogen) atoms. The maximum Gasteiger partial charge on any atom is 0.352 e. The number of β-lactam (4-membered cyclic amide) rings is 1. The third-order valence-electron chi connectivity index (χ3n) is 6.72. The van der Waals surface area contributed by atoms with E-state index < -0.39 is 34.9 Å². The molecule has 0 unspecified atom stereocenters. The monoisotopic (exact) mass is 561 g/mol. The van der Waals surface area contributed by atoms with Crippen LogP contribution >= 0.6 is 23.1 Å². The van der Waals surface area contributed by atoms with Crippen LogP contribution in [0.5, 0.6) is 0 Å². The van der Waals surface area contributed by atoms with Crippen LogP contribution < -0.4 is 16.8 Å². The van der Waals surface area contributed by atoms with Crippen LogP contribution in [-0.4, -0.2) is 108 Å². The Bertz CT molecular complexity index is 1350. The molecule has 1 aromatic heterocycles. The van der Waals surface area contributed by atoms with Crippen LogP contribution in [0.2, 0.25) is 0 Å². The number of anilines is 1. The predicted octanol–water partition coefficient (Wildman–Crippen LogP) is -1.62. The third kappa shape index (κ3) is 4.22. The Labute approximate surface area is 223 Å². The number of carbonyl (C=O) groups excluding carboxylic acids is 3. The van der Waals surface area contributed by atoms with Crippen LogP contribution in [0, 0.1) is 5.41 Å². The van der Waals surface area contributed by atoms with Crippen LogP contribution in [0.3, 0.4) is 0 Å². The molecule has 0 spiro atoms. The van der Waals surface area contributed by atoms with Crippen LogP contribution in [-0.2, 0) is 19.2 Å². The largest absolute Gasteiger partial charge is 0.477 e. The number of nitrogens with zero attached hydrogens (tertiary/aromatic N) is 5. The van der Waals surface area contributed by atoms with Gasteiger partial charge in [0.05, 0.1) is 6.04 Å². The van der Waals surface area contributed by atoms with E-state index in [2.05, 4.69) is 15.5 Å². The second-order valence-electron chi connectivity index (χ2n) is 8.92. The molecular weight excluding hydrogens is 538 g/mol. The van der Waals surface area contributed by atoms with E-state index in [1.165, 1.54) is 17.1 Å². The minimum atomic E-state index is -1.32. The average molecular weight is 562 g/mol. The number of hydrogen-bond donors (Lipinski definition) is 6. The average Bonchev–Trinajstić information content (AvgIpc) is 3.42. The summed E-state index contributed by atoms with van der Waals surface area (Å²) >= 11 is 2.29. The van der Waals surface area contributed by atoms with E-state index in [1.54, 1.807) is 15.9 Å². The van der Waals surface area contributed by atoms with Crippen LogP contribution in [0.1, 0.15) is 12.1 Å². The molecular formula is C21H23N9O6S2. The number of carboxylic acid groups (broad SMARTS) is 1. The summed E-state index contributed by atoms with van der Waals surface area (Å²) in [7, 11) is 0. The van der Waals surface area contributed by atoms with Crippen molar-refractivity contribution < 1.29 is 29.5 Å². The van der Waals surface area contributed by atoms with Crippen molar-refractivity contribution in [2.24, 2.45) is 10.9 Å². The number of nitrogens with one attached hydrogen (secondary N) is 2. The van der Waals surface area contributed by atoms with E-state index in [-0.39, 0.29) is 40.2 Å². The molecule has 3 fully saturated rings. The Balaban J connectivity index is 1.30. The summed E-state index contributed by atoms with van der Waals surface area (Å²) in [6.07, 6.45) is 1.97. The number of carboxylic acids is 1. The third-order valence-corrected chi connectivity index (χ3v) is 8.69. The molecule has 0 aromatic carbocycles. The molecule has 2 atom stereocenters. The summed E-state index contributed by atoms with van der Waals surface area (Å²) in [5, 5.41) is 33.0. The van der Waals surface area contributed by atoms with Gasteiger partial charge in [-0.15, -0.1) is 23.1 Å². The number of thioether (sulfide) groups is 1. The van der Waals surface area contributed by atoms with Gasteiger partial charge in [-0.2, -0.15) is 0 Å². The van der Waals surface area contributed by atoms with Gasteiger partial charge in [0.25, 0.3) is 11.8 Å². The molecule has 200 valence electrons. The van der Waals surface area contributed by atoms with Crippen molar-refractivity contribution in [3.8, 4) is 0 Å². The van der Waals surface area contributed by atoms with Gasteiger partial charge < -0.3 is 36.9 Å². The minimum absolute atomic E-state index is 0.0404. The number of amides is 3. The molecule has 0 saturated carbocycles. The van der Waals surface area contributed by atoms with Gasteiger partial charge in [0, 0.05) is 36.3 Å². The minimum Gasteiger partial charge on any atom is -0.477 e. The van der Waals surface area contributed by atoms with Gasteiger partial charge in [-0.3, -0.25) is 24.7 Å². The van der Waals surface area contributed by atoms with E-state index in [0.717, 1.165) is 16.2 Å². The summed E-state index contributed by atoms with van der Waals surface area (Å²) in [6, 6.07) is -1.11. The normalized spacial score (nSPS) is 24.9. The Morgan fingerprint density at radius 3 is 2.66 bits per heavy atom. The Morgan fingerprint density at radius 1 is 1.32 bits per heavy atom. The smallest absolute Gasteiger partial charge is 0.352 e. The molecule has 1 aromatic rings. The molecule has 0 bridgehead atoms. The fraction of sp³-hybridized carbons (Fsp3) is 0.381. The first-order valence-electron chi connectivity index (χ1n) is 11.4. The Kier molecular flexibility index (Phi) is 6.47. The lowest BCUT2D eigenvalue weighted by atomic mass is 10.0. The van der Waals surface area contributed by atoms with Crippen molar-refractivity contribution in [2.45, 2.75) is 23.9 Å². The first-order valence-corrected chi connectivity index (χ1v) is 13.3. The Morgan fingerprint density at radius 2 is 2.05 bits per heavy atom. The molecule has 4 aliphatic heterocycles. The molecule has 3 amide bonds. The molecule has 0 radical (unpaired) electrons. The van der Waals surface area contributed by atoms with E-state index in [4.69, 9.17) is 16.9 Å². The number of allylic oxidation sites excluding steroid dienone is 1. The number of oxime groups is 1. The number of rotatable bonds is 6. The number of nitrogen functional groups attached to an aromatic ring is 1. The maximum atomic E-state index is 13.0. The number of fused-ring (bicyclic) bond motifs is 1. The van der Waals surface area contributed by atoms with E-state index in [1.807, 2.05) is 0 Å². The first-order chi connectivity index (χ1) is 18.1. The Hall–Kier alpha value is -4.12. The van der Waals surface area contributed by atoms with Crippen molar-refractivity contribution in [1.29, 1.82) is 5.41 Å². The van der Waals surface area contributed by atoms with Crippen molar-refractivity contribution >= 4 is 63.6 Å². The zero-order chi connectivity index (χ0) is 27.3. The first kappa shape index (κ1) is 25.5. The van der Waals surface area contributed by atoms with Gasteiger partial charge in [-0.25, -0.2) is 9.78 Å². The van der Waals surface area contributed by atoms with Crippen LogP contribution in [0.25, 0.3) is 0 Å². The topological polar surface area (TPSA) is 232 Å². The number of hydrogen-bond acceptors (Lipinski definition) is 11. The molecule has 3 saturated heterocycles. The number of aliphatic carboxylic acids is 1. The number of thiazole rings is 1. The molecule has 0 aliphatic carbocycles. The van der Waals surface area contributed by atoms with Crippen LogP contribution in [0.15, 0.2) is 33.5 Å². The second-order valence-corrected chi connectivity index (χ2v) is 10.9. The van der Waals surface area contributed by atoms with Crippen molar-refractivity contribution in [3.05, 3.63) is 34.0 Å². The molecule has 15 nitrogen and oxygen atoms in total. The highest BCUT2D eigenvalue weighted by Crippen LogP contribution is 2.41. The lowest BCUT2D eigenvalue weighted by molar-refractivity contribution is -0.150. The fourth-order valence-corrected chi connectivity index (χ4v) is 6.60. The molecule has 5 rings (SSSR count). The highest BCUT2D eigenvalue weighted by Gasteiger charge is 2.54. The number of aromatic nitrogens is 1. The lowest BCUT2D eigenvalue weighted by Gasteiger charge is -2.49. The summed E-state index contributed by atoms with van der Waals surface area (Å²) < 4.78 is 0. The van der Waals surface area contributed by atoms with E-state index >= 15 is 0 Å². The van der Waals surface area contributed by atoms with E-state index in [9.17, 15) is 29.5 Å². The van der Waals surface area contributed by atoms with Crippen molar-refractivity contribution in [2.75, 3.05) is 31.1 Å². The van der Waals surface area contributed by atoms with Gasteiger partial charge >= 0.3 is 5.97 Å². The summed E-state index contributed by atoms with van der Waals surface area (Å²) in [5.41, 5.74) is 11.2. The zero-order valence-electron chi connectivity index (χ0n) is 19.7. The van der Waals surface area contributed by atoms with Crippen LogP contribution in [0.4, 0.5) is 5.13 Å². The zero-order valence-corrected chi connectivity index (χ0v) is 21.3. The molecule has 8 N–H and O–H groups in total. The van der Waals surface area contributed by atoms with Crippen molar-refractivity contribution in [1.82, 2.24) is 25.0 Å². The predicted molar refractivity (Wildman–Crippen MR) is 136 cm³/mol. The van der Waals surface area contributed by atoms with Gasteiger partial charge in [-0.05, 0) is 18.1 Å². The summed E-state index contributed by atoms with van der Waals surface area (Å²) in [4.78, 5) is 59.1. The highest BCUT2D eigenvalue weighted by molar-refractivity contribution is 8.00.